The van der Waals surface area contributed by atoms with E-state index >= 15 is 0 Å². The van der Waals surface area contributed by atoms with E-state index in [1.807, 2.05) is 0 Å². The Balaban J connectivity index is 2.26. The molecule has 2 rings (SSSR count). The summed E-state index contributed by atoms with van der Waals surface area (Å²) < 4.78 is 33.8. The molecule has 0 fully saturated rings. The molecule has 0 saturated heterocycles. The Hall–Kier alpha value is -2.50. The van der Waals surface area contributed by atoms with Crippen molar-refractivity contribution in [3.05, 3.63) is 39.2 Å². The van der Waals surface area contributed by atoms with Gasteiger partial charge in [-0.2, -0.15) is 8.78 Å². The molecule has 7 nitrogen and oxygen atoms in total. The zero-order valence-electron chi connectivity index (χ0n) is 16.3. The van der Waals surface area contributed by atoms with Gasteiger partial charge >= 0.3 is 12.6 Å². The number of methoxy groups -OCH3 is 1. The van der Waals surface area contributed by atoms with Crippen LogP contribution in [0.15, 0.2) is 18.2 Å². The lowest BCUT2D eigenvalue weighted by atomic mass is 10.1. The number of benzene rings is 1. The molecule has 0 aliphatic carbocycles. The third-order valence-corrected chi connectivity index (χ3v) is 5.46. The fourth-order valence-corrected chi connectivity index (χ4v) is 4.12. The molecular formula is C18H18ClF2N3O4S2. The summed E-state index contributed by atoms with van der Waals surface area (Å²) in [6.07, 6.45) is 0. The van der Waals surface area contributed by atoms with E-state index in [1.165, 1.54) is 30.2 Å². The Kier molecular flexibility index (Phi) is 7.93. The fourth-order valence-electron chi connectivity index (χ4n) is 2.39. The summed E-state index contributed by atoms with van der Waals surface area (Å²) >= 11 is 12.2. The first-order valence-corrected chi connectivity index (χ1v) is 9.91. The highest BCUT2D eigenvalue weighted by molar-refractivity contribution is 7.80. The SMILES string of the molecule is COC(=O)c1c(NC(=S)Nc2ccc(OC(F)F)c(Cl)c2)sc(C(=O)N(C)C)c1C. The molecule has 2 N–H and O–H groups in total. The summed E-state index contributed by atoms with van der Waals surface area (Å²) in [6.45, 7) is -1.36. The predicted octanol–water partition coefficient (Wildman–Crippen LogP) is 4.61. The monoisotopic (exact) mass is 477 g/mol. The van der Waals surface area contributed by atoms with Crippen molar-refractivity contribution < 1.29 is 27.8 Å². The summed E-state index contributed by atoms with van der Waals surface area (Å²) in [4.78, 5) is 26.4. The lowest BCUT2D eigenvalue weighted by Crippen LogP contribution is -2.21. The molecule has 1 amide bonds. The van der Waals surface area contributed by atoms with Gasteiger partial charge in [0.05, 0.1) is 22.6 Å². The van der Waals surface area contributed by atoms with Crippen LogP contribution in [-0.4, -0.2) is 49.7 Å². The van der Waals surface area contributed by atoms with Gasteiger partial charge in [-0.15, -0.1) is 11.3 Å². The van der Waals surface area contributed by atoms with Crippen LogP contribution in [0.25, 0.3) is 0 Å². The molecule has 0 bridgehead atoms. The summed E-state index contributed by atoms with van der Waals surface area (Å²) in [6, 6.07) is 4.07. The van der Waals surface area contributed by atoms with Crippen molar-refractivity contribution in [3.63, 3.8) is 0 Å². The van der Waals surface area contributed by atoms with Crippen LogP contribution in [0.4, 0.5) is 19.5 Å². The van der Waals surface area contributed by atoms with Gasteiger partial charge in [-0.05, 0) is 42.9 Å². The summed E-state index contributed by atoms with van der Waals surface area (Å²) in [7, 11) is 4.44. The van der Waals surface area contributed by atoms with Crippen LogP contribution in [0.3, 0.4) is 0 Å². The Labute approximate surface area is 185 Å². The molecule has 30 heavy (non-hydrogen) atoms. The van der Waals surface area contributed by atoms with E-state index in [0.717, 1.165) is 11.3 Å². The average molecular weight is 478 g/mol. The summed E-state index contributed by atoms with van der Waals surface area (Å²) in [5.74, 6) is -1.07. The van der Waals surface area contributed by atoms with Crippen molar-refractivity contribution in [1.29, 1.82) is 0 Å². The van der Waals surface area contributed by atoms with Crippen LogP contribution < -0.4 is 15.4 Å². The fraction of sp³-hybridized carbons (Fsp3) is 0.278. The van der Waals surface area contributed by atoms with Gasteiger partial charge < -0.3 is 25.0 Å². The first-order chi connectivity index (χ1) is 14.0. The number of amides is 1. The van der Waals surface area contributed by atoms with Crippen molar-refractivity contribution in [2.45, 2.75) is 13.5 Å². The third-order valence-electron chi connectivity index (χ3n) is 3.77. The van der Waals surface area contributed by atoms with Gasteiger partial charge in [-0.25, -0.2) is 4.79 Å². The maximum Gasteiger partial charge on any atom is 0.387 e. The largest absolute Gasteiger partial charge is 0.465 e. The second-order valence-electron chi connectivity index (χ2n) is 6.05. The number of carbonyl (C=O) groups is 2. The van der Waals surface area contributed by atoms with Crippen molar-refractivity contribution in [2.75, 3.05) is 31.8 Å². The number of halogens is 3. The summed E-state index contributed by atoms with van der Waals surface area (Å²) in [5.41, 5.74) is 1.06. The molecule has 0 spiro atoms. The Morgan fingerprint density at radius 3 is 2.47 bits per heavy atom. The highest BCUT2D eigenvalue weighted by Crippen LogP contribution is 2.35. The van der Waals surface area contributed by atoms with Crippen LogP contribution >= 0.6 is 35.2 Å². The molecule has 12 heteroatoms. The molecule has 0 atom stereocenters. The smallest absolute Gasteiger partial charge is 0.387 e. The quantitative estimate of drug-likeness (QED) is 0.464. The van der Waals surface area contributed by atoms with Gasteiger partial charge in [-0.1, -0.05) is 11.6 Å². The van der Waals surface area contributed by atoms with Crippen molar-refractivity contribution >= 4 is 62.8 Å². The first-order valence-electron chi connectivity index (χ1n) is 8.30. The van der Waals surface area contributed by atoms with Crippen LogP contribution in [0.2, 0.25) is 5.02 Å². The van der Waals surface area contributed by atoms with Gasteiger partial charge in [0.2, 0.25) is 0 Å². The van der Waals surface area contributed by atoms with Gasteiger partial charge in [0.25, 0.3) is 5.91 Å². The van der Waals surface area contributed by atoms with Gasteiger partial charge in [0, 0.05) is 19.8 Å². The molecule has 0 radical (unpaired) electrons. The van der Waals surface area contributed by atoms with Crippen molar-refractivity contribution in [3.8, 4) is 5.75 Å². The number of esters is 1. The highest BCUT2D eigenvalue weighted by atomic mass is 35.5. The van der Waals surface area contributed by atoms with Crippen LogP contribution in [0.5, 0.6) is 5.75 Å². The van der Waals surface area contributed by atoms with E-state index < -0.39 is 12.6 Å². The minimum atomic E-state index is -3.00. The van der Waals surface area contributed by atoms with E-state index in [4.69, 9.17) is 28.6 Å². The number of alkyl halides is 2. The number of rotatable bonds is 6. The van der Waals surface area contributed by atoms with Crippen LogP contribution in [-0.2, 0) is 4.74 Å². The Morgan fingerprint density at radius 2 is 1.93 bits per heavy atom. The number of thiocarbonyl (C=S) groups is 1. The molecular weight excluding hydrogens is 460 g/mol. The number of nitrogens with one attached hydrogen (secondary N) is 2. The number of ether oxygens (including phenoxy) is 2. The molecule has 0 unspecified atom stereocenters. The number of nitrogens with zero attached hydrogens (tertiary/aromatic N) is 1. The Morgan fingerprint density at radius 1 is 1.27 bits per heavy atom. The lowest BCUT2D eigenvalue weighted by molar-refractivity contribution is -0.0497. The molecule has 0 aliphatic heterocycles. The number of thiophene rings is 1. The van der Waals surface area contributed by atoms with Gasteiger partial charge in [0.15, 0.2) is 5.11 Å². The average Bonchev–Trinajstić information content (AvgIpc) is 2.98. The second-order valence-corrected chi connectivity index (χ2v) is 7.89. The third kappa shape index (κ3) is 5.55. The highest BCUT2D eigenvalue weighted by Gasteiger charge is 2.26. The molecule has 0 saturated carbocycles. The number of hydrogen-bond acceptors (Lipinski definition) is 6. The van der Waals surface area contributed by atoms with E-state index in [2.05, 4.69) is 15.4 Å². The molecule has 0 aliphatic rings. The maximum atomic E-state index is 12.4. The molecule has 1 aromatic carbocycles. The van der Waals surface area contributed by atoms with E-state index in [0.29, 0.717) is 21.1 Å². The lowest BCUT2D eigenvalue weighted by Gasteiger charge is -2.12. The topological polar surface area (TPSA) is 79.9 Å². The van der Waals surface area contributed by atoms with E-state index in [1.54, 1.807) is 21.0 Å². The second kappa shape index (κ2) is 10.0. The molecule has 2 aromatic rings. The van der Waals surface area contributed by atoms with Crippen LogP contribution in [0.1, 0.15) is 25.6 Å². The molecule has 1 aromatic heterocycles. The predicted molar refractivity (Wildman–Crippen MR) is 116 cm³/mol. The minimum Gasteiger partial charge on any atom is -0.465 e. The zero-order chi connectivity index (χ0) is 22.6. The van der Waals surface area contributed by atoms with Crippen molar-refractivity contribution in [2.24, 2.45) is 0 Å². The normalized spacial score (nSPS) is 10.5. The van der Waals surface area contributed by atoms with E-state index in [9.17, 15) is 18.4 Å². The number of hydrogen-bond donors (Lipinski definition) is 2. The van der Waals surface area contributed by atoms with Gasteiger partial charge in [0.1, 0.15) is 10.8 Å². The number of carbonyl (C=O) groups excluding carboxylic acids is 2. The van der Waals surface area contributed by atoms with E-state index in [-0.39, 0.29) is 27.4 Å². The maximum absolute atomic E-state index is 12.4. The first kappa shape index (κ1) is 23.8. The zero-order valence-corrected chi connectivity index (χ0v) is 18.7. The number of anilines is 2. The standard InChI is InChI=1S/C18H18ClF2N3O4S2/c1-8-12(16(26)27-4)14(30-13(8)15(25)24(2)3)23-18(29)22-9-5-6-11(10(19)7-9)28-17(20)21/h5-7,17H,1-4H3,(H2,22,23,29). The molecule has 1 heterocycles. The Bertz CT molecular complexity index is 983. The van der Waals surface area contributed by atoms with Gasteiger partial charge in [-0.3, -0.25) is 4.79 Å². The van der Waals surface area contributed by atoms with Crippen molar-refractivity contribution in [1.82, 2.24) is 4.90 Å². The summed E-state index contributed by atoms with van der Waals surface area (Å²) in [5, 5.41) is 6.07. The minimum absolute atomic E-state index is 0.0378. The molecule has 162 valence electrons. The van der Waals surface area contributed by atoms with Crippen LogP contribution in [0, 0.1) is 6.92 Å².